The molecule has 148 valence electrons. The first-order valence-electron chi connectivity index (χ1n) is 10.6. The van der Waals surface area contributed by atoms with Crippen LogP contribution in [0.2, 0.25) is 0 Å². The highest BCUT2D eigenvalue weighted by Crippen LogP contribution is 2.53. The summed E-state index contributed by atoms with van der Waals surface area (Å²) in [5, 5.41) is 3.57. The number of rotatable bonds is 6. The molecule has 2 heterocycles. The second-order valence-electron chi connectivity index (χ2n) is 9.27. The van der Waals surface area contributed by atoms with Gasteiger partial charge in [0.15, 0.2) is 0 Å². The molecule has 1 aromatic heterocycles. The first-order valence-corrected chi connectivity index (χ1v) is 10.6. The Morgan fingerprint density at radius 2 is 2.26 bits per heavy atom. The van der Waals surface area contributed by atoms with Crippen molar-refractivity contribution in [2.24, 2.45) is 23.2 Å². The first-order chi connectivity index (χ1) is 13.0. The molecule has 6 atom stereocenters. The fourth-order valence-electron chi connectivity index (χ4n) is 5.53. The minimum atomic E-state index is -0.0489. The first kappa shape index (κ1) is 18.8. The van der Waals surface area contributed by atoms with Crippen LogP contribution in [0.4, 0.5) is 0 Å². The van der Waals surface area contributed by atoms with Crippen molar-refractivity contribution in [1.29, 1.82) is 0 Å². The number of fused-ring (bicyclic) bond motifs is 2. The Hall–Kier alpha value is -1.55. The van der Waals surface area contributed by atoms with Crippen LogP contribution < -0.4 is 5.32 Å². The third-order valence-corrected chi connectivity index (χ3v) is 7.17. The number of hydrogen-bond donors (Lipinski definition) is 1. The third-order valence-electron chi connectivity index (χ3n) is 7.17. The SMILES string of the molecule is C[C@@H]1CCC[C@@]2(C)C[C@H]3OC(=O)[C@H](CN[C@@H](C)CCc4ccco4)[C@@H]3C=C12. The van der Waals surface area contributed by atoms with E-state index < -0.39 is 0 Å². The Balaban J connectivity index is 1.39. The van der Waals surface area contributed by atoms with E-state index in [9.17, 15) is 4.79 Å². The van der Waals surface area contributed by atoms with E-state index in [-0.39, 0.29) is 29.3 Å². The molecular formula is C23H33NO3. The Labute approximate surface area is 162 Å². The summed E-state index contributed by atoms with van der Waals surface area (Å²) in [6.07, 6.45) is 10.9. The van der Waals surface area contributed by atoms with E-state index in [0.29, 0.717) is 18.5 Å². The topological polar surface area (TPSA) is 51.5 Å². The maximum atomic E-state index is 12.6. The summed E-state index contributed by atoms with van der Waals surface area (Å²) in [5.41, 5.74) is 1.82. The van der Waals surface area contributed by atoms with Crippen LogP contribution in [0.3, 0.4) is 0 Å². The van der Waals surface area contributed by atoms with Crippen molar-refractivity contribution in [3.8, 4) is 0 Å². The summed E-state index contributed by atoms with van der Waals surface area (Å²) in [4.78, 5) is 12.6. The van der Waals surface area contributed by atoms with Crippen LogP contribution >= 0.6 is 0 Å². The molecule has 0 bridgehead atoms. The number of ether oxygens (including phenoxy) is 1. The molecule has 2 aliphatic carbocycles. The van der Waals surface area contributed by atoms with Gasteiger partial charge in [-0.05, 0) is 56.1 Å². The second-order valence-corrected chi connectivity index (χ2v) is 9.27. The Morgan fingerprint density at radius 3 is 3.04 bits per heavy atom. The monoisotopic (exact) mass is 371 g/mol. The van der Waals surface area contributed by atoms with Gasteiger partial charge in [0, 0.05) is 24.9 Å². The molecule has 1 aliphatic heterocycles. The molecule has 0 amide bonds. The van der Waals surface area contributed by atoms with Gasteiger partial charge in [-0.15, -0.1) is 0 Å². The molecule has 1 N–H and O–H groups in total. The predicted molar refractivity (Wildman–Crippen MR) is 105 cm³/mol. The minimum absolute atomic E-state index is 0.0116. The molecule has 2 fully saturated rings. The molecule has 1 saturated carbocycles. The van der Waals surface area contributed by atoms with E-state index >= 15 is 0 Å². The fraction of sp³-hybridized carbons (Fsp3) is 0.696. The number of carbonyl (C=O) groups is 1. The zero-order valence-electron chi connectivity index (χ0n) is 16.9. The van der Waals surface area contributed by atoms with Crippen LogP contribution in [-0.4, -0.2) is 24.7 Å². The smallest absolute Gasteiger partial charge is 0.311 e. The lowest BCUT2D eigenvalue weighted by Crippen LogP contribution is -2.41. The number of aryl methyl sites for hydroxylation is 1. The van der Waals surface area contributed by atoms with Crippen LogP contribution in [0, 0.1) is 23.2 Å². The van der Waals surface area contributed by atoms with E-state index in [0.717, 1.165) is 25.0 Å². The summed E-state index contributed by atoms with van der Waals surface area (Å²) in [5.74, 6) is 1.84. The van der Waals surface area contributed by atoms with Crippen LogP contribution in [0.5, 0.6) is 0 Å². The fourth-order valence-corrected chi connectivity index (χ4v) is 5.53. The van der Waals surface area contributed by atoms with Gasteiger partial charge in [-0.25, -0.2) is 0 Å². The lowest BCUT2D eigenvalue weighted by molar-refractivity contribution is -0.145. The minimum Gasteiger partial charge on any atom is -0.469 e. The van der Waals surface area contributed by atoms with Gasteiger partial charge in [-0.3, -0.25) is 4.79 Å². The van der Waals surface area contributed by atoms with Gasteiger partial charge >= 0.3 is 5.97 Å². The highest BCUT2D eigenvalue weighted by Gasteiger charge is 2.51. The van der Waals surface area contributed by atoms with Crippen molar-refractivity contribution in [3.05, 3.63) is 35.8 Å². The van der Waals surface area contributed by atoms with Crippen molar-refractivity contribution in [1.82, 2.24) is 5.32 Å². The number of carbonyl (C=O) groups excluding carboxylic acids is 1. The summed E-state index contributed by atoms with van der Waals surface area (Å²) < 4.78 is 11.2. The summed E-state index contributed by atoms with van der Waals surface area (Å²) >= 11 is 0. The quantitative estimate of drug-likeness (QED) is 0.591. The average molecular weight is 372 g/mol. The molecule has 4 heteroatoms. The van der Waals surface area contributed by atoms with Crippen LogP contribution in [0.25, 0.3) is 0 Å². The van der Waals surface area contributed by atoms with Gasteiger partial charge in [0.25, 0.3) is 0 Å². The number of allylic oxidation sites excluding steroid dienone is 1. The lowest BCUT2D eigenvalue weighted by atomic mass is 9.59. The largest absolute Gasteiger partial charge is 0.469 e. The van der Waals surface area contributed by atoms with Crippen molar-refractivity contribution in [3.63, 3.8) is 0 Å². The molecule has 0 spiro atoms. The number of nitrogens with one attached hydrogen (secondary N) is 1. The van der Waals surface area contributed by atoms with Gasteiger partial charge in [-0.2, -0.15) is 0 Å². The van der Waals surface area contributed by atoms with Crippen LogP contribution in [0.1, 0.15) is 58.6 Å². The molecule has 3 aliphatic rings. The molecular weight excluding hydrogens is 338 g/mol. The number of furan rings is 1. The van der Waals surface area contributed by atoms with E-state index in [1.54, 1.807) is 11.8 Å². The van der Waals surface area contributed by atoms with Crippen LogP contribution in [-0.2, 0) is 16.0 Å². The van der Waals surface area contributed by atoms with E-state index in [1.807, 2.05) is 12.1 Å². The molecule has 0 unspecified atom stereocenters. The number of esters is 1. The van der Waals surface area contributed by atoms with Crippen molar-refractivity contribution in [2.75, 3.05) is 6.54 Å². The lowest BCUT2D eigenvalue weighted by Gasteiger charge is -2.46. The second kappa shape index (κ2) is 7.46. The Morgan fingerprint density at radius 1 is 1.41 bits per heavy atom. The van der Waals surface area contributed by atoms with Crippen molar-refractivity contribution < 1.29 is 13.9 Å². The summed E-state index contributed by atoms with van der Waals surface area (Å²) in [7, 11) is 0. The molecule has 0 radical (unpaired) electrons. The normalized spacial score (nSPS) is 36.6. The van der Waals surface area contributed by atoms with Crippen molar-refractivity contribution >= 4 is 5.97 Å². The van der Waals surface area contributed by atoms with Crippen molar-refractivity contribution in [2.45, 2.75) is 71.4 Å². The maximum Gasteiger partial charge on any atom is 0.311 e. The molecule has 4 rings (SSSR count). The Kier molecular flexibility index (Phi) is 5.19. The average Bonchev–Trinajstić information content (AvgIpc) is 3.23. The summed E-state index contributed by atoms with van der Waals surface area (Å²) in [6.45, 7) is 7.61. The third kappa shape index (κ3) is 3.73. The van der Waals surface area contributed by atoms with Gasteiger partial charge in [0.05, 0.1) is 12.2 Å². The zero-order valence-corrected chi connectivity index (χ0v) is 16.9. The highest BCUT2D eigenvalue weighted by atomic mass is 16.6. The molecule has 1 aromatic rings. The highest BCUT2D eigenvalue weighted by molar-refractivity contribution is 5.76. The molecule has 1 saturated heterocycles. The summed E-state index contributed by atoms with van der Waals surface area (Å²) in [6, 6.07) is 4.29. The standard InChI is InChI=1S/C23H33NO3/c1-15-6-4-10-23(3)13-21-18(12-20(15)23)19(22(25)27-21)14-24-16(2)8-9-17-7-5-11-26-17/h5,7,11-12,15-16,18-19,21,24H,4,6,8-10,13-14H2,1-3H3/t15-,16+,18+,19-,21-,23+/m1/s1. The van der Waals surface area contributed by atoms with E-state index in [2.05, 4.69) is 32.2 Å². The maximum absolute atomic E-state index is 12.6. The van der Waals surface area contributed by atoms with E-state index in [1.165, 1.54) is 19.3 Å². The molecule has 0 aromatic carbocycles. The Bertz CT molecular complexity index is 694. The van der Waals surface area contributed by atoms with Crippen LogP contribution in [0.15, 0.2) is 34.5 Å². The van der Waals surface area contributed by atoms with Gasteiger partial charge < -0.3 is 14.5 Å². The zero-order chi connectivity index (χ0) is 19.0. The molecule has 4 nitrogen and oxygen atoms in total. The van der Waals surface area contributed by atoms with E-state index in [4.69, 9.17) is 9.15 Å². The predicted octanol–water partition coefficient (Wildman–Crippen LogP) is 4.50. The number of hydrogen-bond acceptors (Lipinski definition) is 4. The van der Waals surface area contributed by atoms with Gasteiger partial charge in [-0.1, -0.05) is 31.9 Å². The molecule has 27 heavy (non-hydrogen) atoms. The van der Waals surface area contributed by atoms with Gasteiger partial charge in [0.2, 0.25) is 0 Å². The van der Waals surface area contributed by atoms with Gasteiger partial charge in [0.1, 0.15) is 11.9 Å².